The summed E-state index contributed by atoms with van der Waals surface area (Å²) in [6, 6.07) is 7.03. The molecule has 2 amide bonds. The standard InChI is InChI=1S/C21H31N3O4/c1-4-5-12-28-20(26)13-18-21(27)22-10-11-24(18)19(25)14-23-17-9-7-6-8-16(17)15(2)3/h6-9,15,18,23H,4-5,10-14H2,1-3H3,(H,22,27). The van der Waals surface area contributed by atoms with Gasteiger partial charge in [-0.05, 0) is 24.0 Å². The number of hydrogen-bond donors (Lipinski definition) is 2. The Morgan fingerprint density at radius 1 is 1.32 bits per heavy atom. The third-order valence-corrected chi connectivity index (χ3v) is 4.78. The van der Waals surface area contributed by atoms with Gasteiger partial charge in [0.25, 0.3) is 0 Å². The van der Waals surface area contributed by atoms with Crippen LogP contribution in [0.5, 0.6) is 0 Å². The normalized spacial score (nSPS) is 16.6. The molecule has 1 saturated heterocycles. The van der Waals surface area contributed by atoms with Crippen molar-refractivity contribution in [1.82, 2.24) is 10.2 Å². The summed E-state index contributed by atoms with van der Waals surface area (Å²) < 4.78 is 5.16. The van der Waals surface area contributed by atoms with E-state index in [1.54, 1.807) is 0 Å². The maximum atomic E-state index is 12.8. The molecule has 0 spiro atoms. The van der Waals surface area contributed by atoms with Gasteiger partial charge in [-0.15, -0.1) is 0 Å². The van der Waals surface area contributed by atoms with Crippen molar-refractivity contribution < 1.29 is 19.1 Å². The number of carbonyl (C=O) groups is 3. The van der Waals surface area contributed by atoms with Crippen molar-refractivity contribution in [3.8, 4) is 0 Å². The Hall–Kier alpha value is -2.57. The summed E-state index contributed by atoms with van der Waals surface area (Å²) in [6.45, 7) is 7.37. The van der Waals surface area contributed by atoms with E-state index in [1.807, 2.05) is 31.2 Å². The molecule has 7 heteroatoms. The minimum absolute atomic E-state index is 0.0679. The monoisotopic (exact) mass is 389 g/mol. The van der Waals surface area contributed by atoms with Crippen molar-refractivity contribution in [2.75, 3.05) is 31.6 Å². The number of hydrogen-bond acceptors (Lipinski definition) is 5. The first-order valence-electron chi connectivity index (χ1n) is 9.99. The van der Waals surface area contributed by atoms with Gasteiger partial charge in [-0.2, -0.15) is 0 Å². The summed E-state index contributed by atoms with van der Waals surface area (Å²) in [7, 11) is 0. The van der Waals surface area contributed by atoms with Gasteiger partial charge in [0.2, 0.25) is 11.8 Å². The second kappa shape index (κ2) is 10.7. The summed E-state index contributed by atoms with van der Waals surface area (Å²) in [5.41, 5.74) is 2.03. The van der Waals surface area contributed by atoms with Crippen molar-refractivity contribution in [3.63, 3.8) is 0 Å². The zero-order valence-electron chi connectivity index (χ0n) is 17.0. The van der Waals surface area contributed by atoms with Crippen molar-refractivity contribution in [1.29, 1.82) is 0 Å². The number of amides is 2. The van der Waals surface area contributed by atoms with Gasteiger partial charge in [-0.25, -0.2) is 0 Å². The van der Waals surface area contributed by atoms with E-state index in [4.69, 9.17) is 4.74 Å². The molecule has 0 aromatic heterocycles. The number of rotatable bonds is 9. The van der Waals surface area contributed by atoms with Crippen molar-refractivity contribution in [3.05, 3.63) is 29.8 Å². The Labute approximate surface area is 166 Å². The maximum absolute atomic E-state index is 12.8. The number of benzene rings is 1. The van der Waals surface area contributed by atoms with E-state index in [1.165, 1.54) is 4.90 Å². The molecule has 1 heterocycles. The number of carbonyl (C=O) groups excluding carboxylic acids is 3. The van der Waals surface area contributed by atoms with Gasteiger partial charge < -0.3 is 20.3 Å². The fraction of sp³-hybridized carbons (Fsp3) is 0.571. The van der Waals surface area contributed by atoms with Crippen molar-refractivity contribution in [2.45, 2.75) is 52.0 Å². The molecular formula is C21H31N3O4. The molecule has 1 unspecified atom stereocenters. The van der Waals surface area contributed by atoms with Gasteiger partial charge in [0, 0.05) is 18.8 Å². The largest absolute Gasteiger partial charge is 0.466 e. The van der Waals surface area contributed by atoms with E-state index in [-0.39, 0.29) is 24.8 Å². The highest BCUT2D eigenvalue weighted by Crippen LogP contribution is 2.23. The lowest BCUT2D eigenvalue weighted by molar-refractivity contribution is -0.151. The molecular weight excluding hydrogens is 358 g/mol. The summed E-state index contributed by atoms with van der Waals surface area (Å²) in [6.07, 6.45) is 1.58. The predicted octanol–water partition coefficient (Wildman–Crippen LogP) is 2.28. The average Bonchev–Trinajstić information content (AvgIpc) is 2.68. The number of para-hydroxylation sites is 1. The minimum Gasteiger partial charge on any atom is -0.466 e. The zero-order valence-corrected chi connectivity index (χ0v) is 17.0. The van der Waals surface area contributed by atoms with Crippen molar-refractivity contribution in [2.24, 2.45) is 0 Å². The molecule has 28 heavy (non-hydrogen) atoms. The van der Waals surface area contributed by atoms with E-state index >= 15 is 0 Å². The molecule has 2 N–H and O–H groups in total. The molecule has 2 rings (SSSR count). The molecule has 1 aliphatic heterocycles. The molecule has 1 atom stereocenters. The van der Waals surface area contributed by atoms with Crippen LogP contribution in [0.2, 0.25) is 0 Å². The fourth-order valence-corrected chi connectivity index (χ4v) is 3.20. The van der Waals surface area contributed by atoms with Crippen LogP contribution >= 0.6 is 0 Å². The van der Waals surface area contributed by atoms with Gasteiger partial charge in [0.1, 0.15) is 6.04 Å². The molecule has 1 aromatic rings. The van der Waals surface area contributed by atoms with Crippen LogP contribution in [0.1, 0.15) is 51.5 Å². The molecule has 0 saturated carbocycles. The van der Waals surface area contributed by atoms with Crippen LogP contribution in [0.25, 0.3) is 0 Å². The SMILES string of the molecule is CCCCOC(=O)CC1C(=O)NCCN1C(=O)CNc1ccccc1C(C)C. The number of unbranched alkanes of at least 4 members (excludes halogenated alkanes) is 1. The lowest BCUT2D eigenvalue weighted by Crippen LogP contribution is -2.58. The Bertz CT molecular complexity index is 690. The molecule has 1 aromatic carbocycles. The van der Waals surface area contributed by atoms with E-state index in [0.29, 0.717) is 25.6 Å². The summed E-state index contributed by atoms with van der Waals surface area (Å²) >= 11 is 0. The molecule has 0 aliphatic carbocycles. The first-order chi connectivity index (χ1) is 13.4. The number of anilines is 1. The Balaban J connectivity index is 1.99. The number of nitrogens with one attached hydrogen (secondary N) is 2. The second-order valence-electron chi connectivity index (χ2n) is 7.27. The Morgan fingerprint density at radius 2 is 2.07 bits per heavy atom. The van der Waals surface area contributed by atoms with Crippen molar-refractivity contribution >= 4 is 23.5 Å². The molecule has 7 nitrogen and oxygen atoms in total. The van der Waals surface area contributed by atoms with Gasteiger partial charge in [0.05, 0.1) is 19.6 Å². The topological polar surface area (TPSA) is 87.7 Å². The molecule has 0 radical (unpaired) electrons. The lowest BCUT2D eigenvalue weighted by atomic mass is 10.0. The predicted molar refractivity (Wildman–Crippen MR) is 108 cm³/mol. The average molecular weight is 389 g/mol. The highest BCUT2D eigenvalue weighted by atomic mass is 16.5. The van der Waals surface area contributed by atoms with Gasteiger partial charge >= 0.3 is 5.97 Å². The third kappa shape index (κ3) is 5.97. The first-order valence-corrected chi connectivity index (χ1v) is 9.99. The third-order valence-electron chi connectivity index (χ3n) is 4.78. The van der Waals surface area contributed by atoms with E-state index in [0.717, 1.165) is 24.1 Å². The summed E-state index contributed by atoms with van der Waals surface area (Å²) in [5, 5.41) is 5.91. The smallest absolute Gasteiger partial charge is 0.308 e. The summed E-state index contributed by atoms with van der Waals surface area (Å²) in [4.78, 5) is 38.6. The molecule has 1 aliphatic rings. The van der Waals surface area contributed by atoms with E-state index in [2.05, 4.69) is 24.5 Å². The quantitative estimate of drug-likeness (QED) is 0.500. The summed E-state index contributed by atoms with van der Waals surface area (Å²) in [5.74, 6) is -0.647. The van der Waals surface area contributed by atoms with Crippen LogP contribution < -0.4 is 10.6 Å². The minimum atomic E-state index is -0.822. The number of esters is 1. The van der Waals surface area contributed by atoms with Gasteiger partial charge in [-0.1, -0.05) is 45.4 Å². The zero-order chi connectivity index (χ0) is 20.5. The van der Waals surface area contributed by atoms with Crippen LogP contribution in [-0.2, 0) is 19.1 Å². The van der Waals surface area contributed by atoms with Crippen LogP contribution in [0, 0.1) is 0 Å². The van der Waals surface area contributed by atoms with Gasteiger partial charge in [-0.3, -0.25) is 14.4 Å². The van der Waals surface area contributed by atoms with Crippen LogP contribution in [0.4, 0.5) is 5.69 Å². The Morgan fingerprint density at radius 3 is 2.79 bits per heavy atom. The fourth-order valence-electron chi connectivity index (χ4n) is 3.20. The number of nitrogens with zero attached hydrogens (tertiary/aromatic N) is 1. The van der Waals surface area contributed by atoms with Gasteiger partial charge in [0.15, 0.2) is 0 Å². The lowest BCUT2D eigenvalue weighted by Gasteiger charge is -2.34. The van der Waals surface area contributed by atoms with Crippen LogP contribution in [0.15, 0.2) is 24.3 Å². The van der Waals surface area contributed by atoms with E-state index < -0.39 is 12.0 Å². The molecule has 154 valence electrons. The highest BCUT2D eigenvalue weighted by molar-refractivity contribution is 5.93. The molecule has 1 fully saturated rings. The second-order valence-corrected chi connectivity index (χ2v) is 7.27. The number of piperazine rings is 1. The highest BCUT2D eigenvalue weighted by Gasteiger charge is 2.35. The number of ether oxygens (including phenoxy) is 1. The van der Waals surface area contributed by atoms with Crippen LogP contribution in [0.3, 0.4) is 0 Å². The van der Waals surface area contributed by atoms with E-state index in [9.17, 15) is 14.4 Å². The van der Waals surface area contributed by atoms with Crippen LogP contribution in [-0.4, -0.2) is 55.0 Å². The Kier molecular flexibility index (Phi) is 8.29. The first kappa shape index (κ1) is 21.7. The maximum Gasteiger partial charge on any atom is 0.308 e. The molecule has 0 bridgehead atoms.